The average Bonchev–Trinajstić information content (AvgIpc) is 1.97. The van der Waals surface area contributed by atoms with E-state index >= 15 is 0 Å². The van der Waals surface area contributed by atoms with Gasteiger partial charge in [-0.15, -0.1) is 0 Å². The van der Waals surface area contributed by atoms with Gasteiger partial charge in [0.25, 0.3) is 0 Å². The first kappa shape index (κ1) is 8.60. The van der Waals surface area contributed by atoms with E-state index in [0.717, 1.165) is 17.1 Å². The van der Waals surface area contributed by atoms with Gasteiger partial charge in [-0.3, -0.25) is 0 Å². The first-order valence-electron chi connectivity index (χ1n) is 3.63. The van der Waals surface area contributed by atoms with Crippen LogP contribution in [0.4, 0.5) is 0 Å². The minimum atomic E-state index is -0.0208. The molecule has 0 spiro atoms. The summed E-state index contributed by atoms with van der Waals surface area (Å²) >= 11 is 6.09. The predicted molar refractivity (Wildman–Crippen MR) is 48.9 cm³/mol. The van der Waals surface area contributed by atoms with Gasteiger partial charge in [0.05, 0.1) is 0 Å². The molecule has 0 aromatic heterocycles. The summed E-state index contributed by atoms with van der Waals surface area (Å²) in [6.07, 6.45) is 0. The van der Waals surface area contributed by atoms with Crippen LogP contribution >= 0.6 is 11.6 Å². The average molecular weight is 173 g/mol. The molecule has 0 aromatic carbocycles. The lowest BCUT2D eigenvalue weighted by atomic mass is 10.2. The van der Waals surface area contributed by atoms with Crippen molar-refractivity contribution >= 4 is 17.4 Å². The van der Waals surface area contributed by atoms with E-state index in [1.165, 1.54) is 0 Å². The normalized spacial score (nSPS) is 25.7. The molecule has 1 aliphatic rings. The third-order valence-electron chi connectivity index (χ3n) is 2.11. The molecule has 0 N–H and O–H groups in total. The molecule has 2 nitrogen and oxygen atoms in total. The molecule has 11 heavy (non-hydrogen) atoms. The molecule has 62 valence electrons. The fraction of sp³-hybridized carbons (Fsp3) is 0.625. The number of alkyl halides is 1. The summed E-state index contributed by atoms with van der Waals surface area (Å²) in [7, 11) is 1.95. The van der Waals surface area contributed by atoms with Crippen LogP contribution in [-0.4, -0.2) is 23.3 Å². The second kappa shape index (κ2) is 2.86. The van der Waals surface area contributed by atoms with E-state index in [0.29, 0.717) is 0 Å². The molecule has 0 fully saturated rings. The highest BCUT2D eigenvalue weighted by Gasteiger charge is 2.20. The number of allylic oxidation sites excluding steroid dienone is 1. The number of likely N-dealkylation sites (N-methyl/N-ethyl adjacent to an activating group) is 1. The van der Waals surface area contributed by atoms with E-state index in [1.807, 2.05) is 32.7 Å². The lowest BCUT2D eigenvalue weighted by molar-refractivity contribution is 0.490. The number of rotatable bonds is 0. The van der Waals surface area contributed by atoms with Gasteiger partial charge in [-0.05, 0) is 26.3 Å². The lowest BCUT2D eigenvalue weighted by Crippen LogP contribution is -2.35. The van der Waals surface area contributed by atoms with Crippen molar-refractivity contribution in [2.75, 3.05) is 7.05 Å². The predicted octanol–water partition coefficient (Wildman–Crippen LogP) is 2.21. The van der Waals surface area contributed by atoms with Gasteiger partial charge in [-0.1, -0.05) is 11.6 Å². The number of hydrogen-bond acceptors (Lipinski definition) is 2. The highest BCUT2D eigenvalue weighted by atomic mass is 35.5. The largest absolute Gasteiger partial charge is 0.343 e. The summed E-state index contributed by atoms with van der Waals surface area (Å²) in [4.78, 5) is 6.30. The van der Waals surface area contributed by atoms with Crippen LogP contribution in [0.3, 0.4) is 0 Å². The maximum absolute atomic E-state index is 6.09. The van der Waals surface area contributed by atoms with Crippen molar-refractivity contribution in [3.63, 3.8) is 0 Å². The monoisotopic (exact) mass is 172 g/mol. The van der Waals surface area contributed by atoms with Gasteiger partial charge in [0, 0.05) is 12.7 Å². The van der Waals surface area contributed by atoms with Crippen molar-refractivity contribution in [1.29, 1.82) is 0 Å². The Hall–Kier alpha value is -0.500. The number of amidine groups is 1. The number of halogens is 1. The second-order valence-corrected chi connectivity index (χ2v) is 3.29. The molecule has 0 radical (unpaired) electrons. The van der Waals surface area contributed by atoms with Gasteiger partial charge in [-0.2, -0.15) is 0 Å². The lowest BCUT2D eigenvalue weighted by Gasteiger charge is -2.29. The fourth-order valence-electron chi connectivity index (χ4n) is 1.04. The topological polar surface area (TPSA) is 15.6 Å². The van der Waals surface area contributed by atoms with Crippen molar-refractivity contribution in [3.05, 3.63) is 11.3 Å². The van der Waals surface area contributed by atoms with Gasteiger partial charge in [-0.25, -0.2) is 4.99 Å². The fourth-order valence-corrected chi connectivity index (χ4v) is 1.34. The first-order valence-corrected chi connectivity index (χ1v) is 4.07. The van der Waals surface area contributed by atoms with E-state index in [4.69, 9.17) is 11.6 Å². The molecular weight excluding hydrogens is 160 g/mol. The number of aliphatic imine (C=N–C) groups is 1. The standard InChI is InChI=1S/C8H13ClN2/c1-5-6(2)10-7(3)11(4)8(5)9/h8H,1-4H3. The summed E-state index contributed by atoms with van der Waals surface area (Å²) in [6, 6.07) is 0. The van der Waals surface area contributed by atoms with Crippen LogP contribution in [0.5, 0.6) is 0 Å². The molecule has 3 heteroatoms. The Morgan fingerprint density at radius 1 is 1.36 bits per heavy atom. The molecule has 0 saturated carbocycles. The third-order valence-corrected chi connectivity index (χ3v) is 2.73. The Balaban J connectivity index is 3.01. The minimum Gasteiger partial charge on any atom is -0.343 e. The Bertz CT molecular complexity index is 230. The Labute approximate surface area is 72.6 Å². The van der Waals surface area contributed by atoms with Crippen LogP contribution in [0.15, 0.2) is 16.3 Å². The van der Waals surface area contributed by atoms with Crippen LogP contribution in [0.1, 0.15) is 20.8 Å². The Kier molecular flexibility index (Phi) is 2.23. The summed E-state index contributed by atoms with van der Waals surface area (Å²) in [5, 5.41) is 0. The number of hydrogen-bond donors (Lipinski definition) is 0. The molecule has 0 saturated heterocycles. The molecule has 1 aliphatic heterocycles. The smallest absolute Gasteiger partial charge is 0.128 e. The zero-order chi connectivity index (χ0) is 8.59. The van der Waals surface area contributed by atoms with Gasteiger partial charge >= 0.3 is 0 Å². The maximum Gasteiger partial charge on any atom is 0.128 e. The van der Waals surface area contributed by atoms with Crippen LogP contribution in [0.2, 0.25) is 0 Å². The minimum absolute atomic E-state index is 0.0208. The van der Waals surface area contributed by atoms with E-state index in [2.05, 4.69) is 4.99 Å². The molecule has 0 amide bonds. The van der Waals surface area contributed by atoms with E-state index in [-0.39, 0.29) is 5.50 Å². The quantitative estimate of drug-likeness (QED) is 0.404. The van der Waals surface area contributed by atoms with Crippen LogP contribution in [0, 0.1) is 0 Å². The molecular formula is C8H13ClN2. The van der Waals surface area contributed by atoms with Gasteiger partial charge in [0.15, 0.2) is 0 Å². The van der Waals surface area contributed by atoms with Gasteiger partial charge < -0.3 is 4.90 Å². The molecule has 1 unspecified atom stereocenters. The third kappa shape index (κ3) is 1.41. The van der Waals surface area contributed by atoms with E-state index in [1.54, 1.807) is 0 Å². The zero-order valence-electron chi connectivity index (χ0n) is 7.35. The highest BCUT2D eigenvalue weighted by molar-refractivity contribution is 6.23. The summed E-state index contributed by atoms with van der Waals surface area (Å²) < 4.78 is 0. The van der Waals surface area contributed by atoms with Crippen LogP contribution < -0.4 is 0 Å². The molecule has 0 aromatic rings. The van der Waals surface area contributed by atoms with Crippen molar-refractivity contribution in [2.45, 2.75) is 26.3 Å². The molecule has 1 atom stereocenters. The second-order valence-electron chi connectivity index (χ2n) is 2.87. The van der Waals surface area contributed by atoms with E-state index < -0.39 is 0 Å². The Morgan fingerprint density at radius 3 is 2.45 bits per heavy atom. The Morgan fingerprint density at radius 2 is 1.91 bits per heavy atom. The van der Waals surface area contributed by atoms with Gasteiger partial charge in [0.1, 0.15) is 11.3 Å². The highest BCUT2D eigenvalue weighted by Crippen LogP contribution is 2.22. The van der Waals surface area contributed by atoms with Crippen molar-refractivity contribution in [2.24, 2.45) is 4.99 Å². The zero-order valence-corrected chi connectivity index (χ0v) is 8.11. The van der Waals surface area contributed by atoms with Gasteiger partial charge in [0.2, 0.25) is 0 Å². The summed E-state index contributed by atoms with van der Waals surface area (Å²) in [5.74, 6) is 0.980. The SMILES string of the molecule is CC1=NC(C)=C(C)C(Cl)N1C. The van der Waals surface area contributed by atoms with Crippen molar-refractivity contribution in [1.82, 2.24) is 4.90 Å². The molecule has 1 heterocycles. The summed E-state index contributed by atoms with van der Waals surface area (Å²) in [6.45, 7) is 5.96. The van der Waals surface area contributed by atoms with Crippen molar-refractivity contribution in [3.8, 4) is 0 Å². The molecule has 0 aliphatic carbocycles. The first-order chi connectivity index (χ1) is 5.04. The van der Waals surface area contributed by atoms with Crippen LogP contribution in [-0.2, 0) is 0 Å². The van der Waals surface area contributed by atoms with Crippen molar-refractivity contribution < 1.29 is 0 Å². The van der Waals surface area contributed by atoms with E-state index in [9.17, 15) is 0 Å². The molecule has 1 rings (SSSR count). The van der Waals surface area contributed by atoms with Crippen LogP contribution in [0.25, 0.3) is 0 Å². The summed E-state index contributed by atoms with van der Waals surface area (Å²) in [5.41, 5.74) is 2.16. The maximum atomic E-state index is 6.09. The molecule has 0 bridgehead atoms. The number of nitrogens with zero attached hydrogens (tertiary/aromatic N) is 2.